The highest BCUT2D eigenvalue weighted by molar-refractivity contribution is 5.80. The molecule has 0 bridgehead atoms. The number of hydrogen-bond donors (Lipinski definition) is 6. The summed E-state index contributed by atoms with van der Waals surface area (Å²) in [7, 11) is 0. The van der Waals surface area contributed by atoms with Gasteiger partial charge in [0.05, 0.1) is 37.7 Å². The van der Waals surface area contributed by atoms with Crippen LogP contribution in [0.1, 0.15) is 5.56 Å². The molecule has 2 aromatic rings. The fourth-order valence-corrected chi connectivity index (χ4v) is 4.22. The third-order valence-electron chi connectivity index (χ3n) is 6.22. The Morgan fingerprint density at radius 2 is 1.97 bits per heavy atom. The molecule has 1 aromatic carbocycles. The molecule has 0 spiro atoms. The molecule has 1 fully saturated rings. The molecule has 0 amide bonds. The van der Waals surface area contributed by atoms with E-state index >= 15 is 0 Å². The number of hydrogen-bond acceptors (Lipinski definition) is 11. The van der Waals surface area contributed by atoms with Gasteiger partial charge in [-0.1, -0.05) is 6.58 Å². The van der Waals surface area contributed by atoms with E-state index in [2.05, 4.69) is 31.8 Å². The lowest BCUT2D eigenvalue weighted by atomic mass is 10.1. The van der Waals surface area contributed by atoms with E-state index in [1.807, 2.05) is 19.1 Å². The Balaban J connectivity index is 1.67. The maximum absolute atomic E-state index is 12.6. The average molecular weight is 489 g/mol. The van der Waals surface area contributed by atoms with Crippen LogP contribution in [-0.2, 0) is 4.74 Å². The second-order valence-electron chi connectivity index (χ2n) is 8.75. The molecule has 4 rings (SSSR count). The molecular weight excluding hydrogens is 456 g/mol. The summed E-state index contributed by atoms with van der Waals surface area (Å²) in [6.45, 7) is 9.52. The lowest BCUT2D eigenvalue weighted by molar-refractivity contribution is -0.0726. The van der Waals surface area contributed by atoms with Crippen molar-refractivity contribution in [1.29, 1.82) is 0 Å². The summed E-state index contributed by atoms with van der Waals surface area (Å²) in [5.41, 5.74) is 2.49. The van der Waals surface area contributed by atoms with Gasteiger partial charge >= 0.3 is 0 Å². The van der Waals surface area contributed by atoms with Gasteiger partial charge in [0.15, 0.2) is 11.2 Å². The summed E-state index contributed by atoms with van der Waals surface area (Å²) in [4.78, 5) is 27.8. The average Bonchev–Trinajstić information content (AvgIpc) is 2.84. The van der Waals surface area contributed by atoms with Crippen LogP contribution in [0.5, 0.6) is 0 Å². The van der Waals surface area contributed by atoms with Crippen molar-refractivity contribution in [1.82, 2.24) is 14.9 Å². The van der Waals surface area contributed by atoms with Crippen molar-refractivity contribution in [2.75, 3.05) is 62.8 Å². The summed E-state index contributed by atoms with van der Waals surface area (Å²) in [5, 5.41) is 43.3. The molecule has 3 atom stereocenters. The number of fused-ring (bicyclic) bond motifs is 2. The maximum atomic E-state index is 12.6. The fraction of sp³-hybridized carbons (Fsp3) is 0.522. The number of aryl methyl sites for hydroxylation is 1. The molecule has 12 nitrogen and oxygen atoms in total. The van der Waals surface area contributed by atoms with Gasteiger partial charge in [-0.3, -0.25) is 9.69 Å². The number of aliphatic hydroxyl groups excluding tert-OH is 4. The van der Waals surface area contributed by atoms with Gasteiger partial charge in [0.2, 0.25) is 0 Å². The van der Waals surface area contributed by atoms with Gasteiger partial charge < -0.3 is 40.4 Å². The summed E-state index contributed by atoms with van der Waals surface area (Å²) in [6.07, 6.45) is -4.59. The van der Waals surface area contributed by atoms with Gasteiger partial charge in [-0.25, -0.2) is 9.98 Å². The largest absolute Gasteiger partial charge is 0.394 e. The molecule has 2 aliphatic rings. The summed E-state index contributed by atoms with van der Waals surface area (Å²) >= 11 is 0. The Morgan fingerprint density at radius 1 is 1.23 bits per heavy atom. The van der Waals surface area contributed by atoms with E-state index in [-0.39, 0.29) is 23.2 Å². The fourth-order valence-electron chi connectivity index (χ4n) is 4.22. The van der Waals surface area contributed by atoms with Crippen LogP contribution in [0.15, 0.2) is 21.9 Å². The highest BCUT2D eigenvalue weighted by Gasteiger charge is 2.31. The van der Waals surface area contributed by atoms with Gasteiger partial charge in [0.1, 0.15) is 23.8 Å². The van der Waals surface area contributed by atoms with Crippen molar-refractivity contribution in [2.24, 2.45) is 4.99 Å². The minimum Gasteiger partial charge on any atom is -0.394 e. The normalized spacial score (nSPS) is 18.3. The zero-order chi connectivity index (χ0) is 25.1. The minimum atomic E-state index is -1.61. The van der Waals surface area contributed by atoms with Crippen LogP contribution in [0, 0.1) is 6.92 Å². The molecule has 12 heteroatoms. The number of anilines is 3. The molecule has 0 unspecified atom stereocenters. The van der Waals surface area contributed by atoms with Crippen LogP contribution in [0.25, 0.3) is 6.58 Å². The van der Waals surface area contributed by atoms with Gasteiger partial charge in [0.25, 0.3) is 5.56 Å². The number of aliphatic hydroxyl groups is 4. The van der Waals surface area contributed by atoms with E-state index in [1.54, 1.807) is 4.90 Å². The molecule has 190 valence electrons. The first kappa shape index (κ1) is 25.2. The van der Waals surface area contributed by atoms with E-state index < -0.39 is 30.5 Å². The van der Waals surface area contributed by atoms with Gasteiger partial charge in [-0.15, -0.1) is 0 Å². The number of aromatic nitrogens is 2. The quantitative estimate of drug-likeness (QED) is 0.226. The van der Waals surface area contributed by atoms with Crippen LogP contribution in [-0.4, -0.2) is 106 Å². The molecule has 0 aliphatic carbocycles. The second kappa shape index (κ2) is 10.8. The van der Waals surface area contributed by atoms with Crippen LogP contribution in [0.3, 0.4) is 0 Å². The van der Waals surface area contributed by atoms with E-state index in [9.17, 15) is 20.1 Å². The predicted molar refractivity (Wildman–Crippen MR) is 130 cm³/mol. The summed E-state index contributed by atoms with van der Waals surface area (Å²) in [6, 6.07) is 3.70. The van der Waals surface area contributed by atoms with Crippen molar-refractivity contribution < 1.29 is 25.2 Å². The van der Waals surface area contributed by atoms with Crippen LogP contribution in [0.4, 0.5) is 22.9 Å². The summed E-state index contributed by atoms with van der Waals surface area (Å²) < 4.78 is 5.39. The third-order valence-corrected chi connectivity index (χ3v) is 6.22. The summed E-state index contributed by atoms with van der Waals surface area (Å²) in [5.74, 6) is 0.180. The van der Waals surface area contributed by atoms with E-state index in [0.717, 1.165) is 44.1 Å². The zero-order valence-corrected chi connectivity index (χ0v) is 19.6. The van der Waals surface area contributed by atoms with E-state index in [0.29, 0.717) is 17.9 Å². The van der Waals surface area contributed by atoms with Crippen LogP contribution in [0.2, 0.25) is 0 Å². The number of rotatable bonds is 9. The first-order valence-corrected chi connectivity index (χ1v) is 11.6. The maximum Gasteiger partial charge on any atom is 0.279 e. The Kier molecular flexibility index (Phi) is 7.79. The smallest absolute Gasteiger partial charge is 0.279 e. The molecule has 2 aliphatic heterocycles. The van der Waals surface area contributed by atoms with Gasteiger partial charge in [0, 0.05) is 31.9 Å². The van der Waals surface area contributed by atoms with Crippen molar-refractivity contribution in [2.45, 2.75) is 25.2 Å². The van der Waals surface area contributed by atoms with Crippen molar-refractivity contribution in [3.63, 3.8) is 0 Å². The van der Waals surface area contributed by atoms with Crippen LogP contribution >= 0.6 is 0 Å². The standard InChI is InChI=1S/C23H32N6O6/c1-13-9-16-17(10-15(13)24-3-4-28-5-7-35-8-6-28)29(11-18(31)21(33)19(32)12-30)22-20(27-16)23(34)26-14(2)25-22/h9-10,18-19,21,24,30-33H,2-8,11-12H2,1H3,(H,26,34)/t18-,19+,21-/m0/s1. The second-order valence-corrected chi connectivity index (χ2v) is 8.75. The number of H-pyrrole nitrogens is 1. The minimum absolute atomic E-state index is 0.0572. The highest BCUT2D eigenvalue weighted by atomic mass is 16.5. The van der Waals surface area contributed by atoms with Crippen molar-refractivity contribution in [3.8, 4) is 0 Å². The molecule has 1 saturated heterocycles. The lowest BCUT2D eigenvalue weighted by Crippen LogP contribution is -2.48. The number of ether oxygens (including phenoxy) is 1. The molecule has 0 saturated carbocycles. The van der Waals surface area contributed by atoms with Crippen molar-refractivity contribution in [3.05, 3.63) is 38.9 Å². The van der Waals surface area contributed by atoms with Gasteiger partial charge in [-0.2, -0.15) is 0 Å². The third kappa shape index (κ3) is 5.53. The Bertz CT molecular complexity index is 1210. The molecular formula is C23H32N6O6. The monoisotopic (exact) mass is 488 g/mol. The Morgan fingerprint density at radius 3 is 2.69 bits per heavy atom. The first-order chi connectivity index (χ1) is 16.8. The number of β-amino-alcohol motifs (C(OH)–C–C–N with tert-alkyl or cyclic N) is 1. The van der Waals surface area contributed by atoms with Gasteiger partial charge in [-0.05, 0) is 24.6 Å². The van der Waals surface area contributed by atoms with E-state index in [4.69, 9.17) is 9.84 Å². The molecule has 1 aromatic heterocycles. The SMILES string of the molecule is C=c1nc2c(c(=O)[nH]1)=Nc1cc(C)c(NCCN3CCOCC3)cc1N2C[C@H](O)[C@H](O)[C@H](O)CO. The molecule has 3 heterocycles. The predicted octanol–water partition coefficient (Wildman–Crippen LogP) is -2.29. The topological polar surface area (TPSA) is 167 Å². The van der Waals surface area contributed by atoms with Crippen molar-refractivity contribution >= 4 is 29.5 Å². The lowest BCUT2D eigenvalue weighted by Gasteiger charge is -2.32. The molecule has 0 radical (unpaired) electrons. The number of benzene rings is 1. The van der Waals surface area contributed by atoms with Crippen LogP contribution < -0.4 is 26.6 Å². The molecule has 6 N–H and O–H groups in total. The molecule has 35 heavy (non-hydrogen) atoms. The number of nitrogens with zero attached hydrogens (tertiary/aromatic N) is 4. The Labute approximate surface area is 201 Å². The number of aromatic amines is 1. The number of nitrogens with one attached hydrogen (secondary N) is 2. The van der Waals surface area contributed by atoms with E-state index in [1.165, 1.54) is 0 Å². The number of morpholine rings is 1. The Hall–Kier alpha value is -2.87. The first-order valence-electron chi connectivity index (χ1n) is 11.6. The highest BCUT2D eigenvalue weighted by Crippen LogP contribution is 2.38. The zero-order valence-electron chi connectivity index (χ0n) is 19.6.